The van der Waals surface area contributed by atoms with Crippen molar-refractivity contribution in [2.24, 2.45) is 0 Å². The third-order valence-electron chi connectivity index (χ3n) is 5.26. The summed E-state index contributed by atoms with van der Waals surface area (Å²) in [6, 6.07) is 22.2. The zero-order chi connectivity index (χ0) is 21.1. The second-order valence-electron chi connectivity index (χ2n) is 7.45. The summed E-state index contributed by atoms with van der Waals surface area (Å²) in [5.41, 5.74) is 4.94. The standard InChI is InChI=1S/C25H23FN2O2/c1-17-7-12-21-22(15-27-14-18-5-3-2-4-6-18)24(25(29)30)28(23(21)13-17)16-19-8-10-20(26)11-9-19/h2-13,27H,14-16H2,1H3,(H,29,30). The second-order valence-corrected chi connectivity index (χ2v) is 7.45. The number of aromatic nitrogens is 1. The average Bonchev–Trinajstić information content (AvgIpc) is 3.03. The number of nitrogens with one attached hydrogen (secondary N) is 1. The van der Waals surface area contributed by atoms with E-state index in [-0.39, 0.29) is 11.5 Å². The van der Waals surface area contributed by atoms with Gasteiger partial charge >= 0.3 is 5.97 Å². The van der Waals surface area contributed by atoms with Crippen LogP contribution < -0.4 is 5.32 Å². The van der Waals surface area contributed by atoms with Crippen molar-refractivity contribution < 1.29 is 14.3 Å². The number of aromatic carboxylic acids is 1. The molecule has 0 unspecified atom stereocenters. The van der Waals surface area contributed by atoms with Crippen molar-refractivity contribution >= 4 is 16.9 Å². The Morgan fingerprint density at radius 2 is 1.70 bits per heavy atom. The monoisotopic (exact) mass is 402 g/mol. The zero-order valence-electron chi connectivity index (χ0n) is 16.7. The van der Waals surface area contributed by atoms with Gasteiger partial charge in [-0.1, -0.05) is 54.6 Å². The molecule has 0 bridgehead atoms. The largest absolute Gasteiger partial charge is 0.477 e. The van der Waals surface area contributed by atoms with E-state index in [1.54, 1.807) is 12.1 Å². The molecule has 0 fully saturated rings. The molecule has 0 atom stereocenters. The number of fused-ring (bicyclic) bond motifs is 1. The number of carboxylic acid groups (broad SMARTS) is 1. The molecular weight excluding hydrogens is 379 g/mol. The molecule has 5 heteroatoms. The molecular formula is C25H23FN2O2. The minimum atomic E-state index is -0.970. The lowest BCUT2D eigenvalue weighted by molar-refractivity contribution is 0.0684. The molecule has 0 radical (unpaired) electrons. The Bertz CT molecular complexity index is 1180. The Labute approximate surface area is 174 Å². The number of hydrogen-bond donors (Lipinski definition) is 2. The van der Waals surface area contributed by atoms with E-state index in [0.29, 0.717) is 19.6 Å². The summed E-state index contributed by atoms with van der Waals surface area (Å²) < 4.78 is 15.1. The van der Waals surface area contributed by atoms with Gasteiger partial charge in [0.05, 0.1) is 0 Å². The molecule has 4 nitrogen and oxygen atoms in total. The Hall–Kier alpha value is -3.44. The molecule has 0 aliphatic heterocycles. The van der Waals surface area contributed by atoms with Gasteiger partial charge in [-0.3, -0.25) is 0 Å². The molecule has 1 aromatic heterocycles. The van der Waals surface area contributed by atoms with Crippen molar-refractivity contribution in [1.29, 1.82) is 0 Å². The van der Waals surface area contributed by atoms with Gasteiger partial charge in [-0.2, -0.15) is 0 Å². The smallest absolute Gasteiger partial charge is 0.352 e. The summed E-state index contributed by atoms with van der Waals surface area (Å²) in [5, 5.41) is 14.3. The topological polar surface area (TPSA) is 54.3 Å². The van der Waals surface area contributed by atoms with Gasteiger partial charge in [0.15, 0.2) is 0 Å². The highest BCUT2D eigenvalue weighted by atomic mass is 19.1. The van der Waals surface area contributed by atoms with Crippen molar-refractivity contribution in [2.45, 2.75) is 26.6 Å². The number of hydrogen-bond acceptors (Lipinski definition) is 2. The van der Waals surface area contributed by atoms with E-state index in [9.17, 15) is 14.3 Å². The molecule has 0 saturated heterocycles. The fourth-order valence-electron chi connectivity index (χ4n) is 3.82. The maximum atomic E-state index is 13.3. The van der Waals surface area contributed by atoms with E-state index in [1.165, 1.54) is 12.1 Å². The third-order valence-corrected chi connectivity index (χ3v) is 5.26. The fraction of sp³-hybridized carbons (Fsp3) is 0.160. The van der Waals surface area contributed by atoms with Crippen LogP contribution in [0, 0.1) is 12.7 Å². The van der Waals surface area contributed by atoms with E-state index in [0.717, 1.165) is 33.2 Å². The van der Waals surface area contributed by atoms with Crippen molar-refractivity contribution in [3.8, 4) is 0 Å². The van der Waals surface area contributed by atoms with Crippen LogP contribution in [0.3, 0.4) is 0 Å². The van der Waals surface area contributed by atoms with Gasteiger partial charge in [-0.15, -0.1) is 0 Å². The minimum absolute atomic E-state index is 0.264. The summed E-state index contributed by atoms with van der Waals surface area (Å²) >= 11 is 0. The first-order valence-electron chi connectivity index (χ1n) is 9.87. The Kier molecular flexibility index (Phi) is 5.63. The number of rotatable bonds is 7. The minimum Gasteiger partial charge on any atom is -0.477 e. The lowest BCUT2D eigenvalue weighted by Crippen LogP contribution is -2.17. The predicted octanol–water partition coefficient (Wildman–Crippen LogP) is 5.13. The van der Waals surface area contributed by atoms with Crippen LogP contribution >= 0.6 is 0 Å². The first-order valence-corrected chi connectivity index (χ1v) is 9.87. The normalized spacial score (nSPS) is 11.1. The maximum Gasteiger partial charge on any atom is 0.352 e. The molecule has 0 aliphatic carbocycles. The molecule has 4 aromatic rings. The SMILES string of the molecule is Cc1ccc2c(CNCc3ccccc3)c(C(=O)O)n(Cc3ccc(F)cc3)c2c1. The molecule has 30 heavy (non-hydrogen) atoms. The Balaban J connectivity index is 1.74. The fourth-order valence-corrected chi connectivity index (χ4v) is 3.82. The van der Waals surface area contributed by atoms with Crippen LogP contribution in [0.15, 0.2) is 72.8 Å². The molecule has 0 aliphatic rings. The van der Waals surface area contributed by atoms with Gasteiger partial charge in [-0.05, 0) is 41.8 Å². The van der Waals surface area contributed by atoms with Crippen LogP contribution in [0.2, 0.25) is 0 Å². The number of aryl methyl sites for hydroxylation is 1. The lowest BCUT2D eigenvalue weighted by Gasteiger charge is -2.10. The van der Waals surface area contributed by atoms with Crippen LogP contribution in [0.5, 0.6) is 0 Å². The number of carbonyl (C=O) groups is 1. The van der Waals surface area contributed by atoms with Gasteiger partial charge in [0, 0.05) is 36.1 Å². The number of benzene rings is 3. The molecule has 2 N–H and O–H groups in total. The highest BCUT2D eigenvalue weighted by molar-refractivity contribution is 5.98. The number of carboxylic acids is 1. The highest BCUT2D eigenvalue weighted by Gasteiger charge is 2.22. The van der Waals surface area contributed by atoms with Gasteiger partial charge in [0.2, 0.25) is 0 Å². The van der Waals surface area contributed by atoms with E-state index in [2.05, 4.69) is 5.32 Å². The third kappa shape index (κ3) is 4.11. The van der Waals surface area contributed by atoms with Crippen molar-refractivity contribution in [1.82, 2.24) is 9.88 Å². The summed E-state index contributed by atoms with van der Waals surface area (Å²) in [6.07, 6.45) is 0. The van der Waals surface area contributed by atoms with Gasteiger partial charge in [0.1, 0.15) is 11.5 Å². The highest BCUT2D eigenvalue weighted by Crippen LogP contribution is 2.29. The summed E-state index contributed by atoms with van der Waals surface area (Å²) in [4.78, 5) is 12.3. The number of halogens is 1. The Morgan fingerprint density at radius 3 is 2.40 bits per heavy atom. The van der Waals surface area contributed by atoms with Crippen molar-refractivity contribution in [2.75, 3.05) is 0 Å². The van der Waals surface area contributed by atoms with Crippen molar-refractivity contribution in [3.05, 3.63) is 107 Å². The molecule has 0 saturated carbocycles. The molecule has 3 aromatic carbocycles. The zero-order valence-corrected chi connectivity index (χ0v) is 16.7. The lowest BCUT2D eigenvalue weighted by atomic mass is 10.1. The maximum absolute atomic E-state index is 13.3. The summed E-state index contributed by atoms with van der Waals surface area (Å²) in [6.45, 7) is 3.44. The molecule has 1 heterocycles. The summed E-state index contributed by atoms with van der Waals surface area (Å²) in [7, 11) is 0. The Morgan fingerprint density at radius 1 is 0.967 bits per heavy atom. The van der Waals surface area contributed by atoms with Crippen molar-refractivity contribution in [3.63, 3.8) is 0 Å². The van der Waals surface area contributed by atoms with Gasteiger partial charge < -0.3 is 15.0 Å². The predicted molar refractivity (Wildman–Crippen MR) is 116 cm³/mol. The van der Waals surface area contributed by atoms with Crippen LogP contribution in [0.4, 0.5) is 4.39 Å². The van der Waals surface area contributed by atoms with Crippen LogP contribution in [-0.4, -0.2) is 15.6 Å². The first-order chi connectivity index (χ1) is 14.5. The van der Waals surface area contributed by atoms with Gasteiger partial charge in [-0.25, -0.2) is 9.18 Å². The molecule has 4 rings (SSSR count). The van der Waals surface area contributed by atoms with Gasteiger partial charge in [0.25, 0.3) is 0 Å². The van der Waals surface area contributed by atoms with E-state index < -0.39 is 5.97 Å². The van der Waals surface area contributed by atoms with Crippen LogP contribution in [0.25, 0.3) is 10.9 Å². The first kappa shape index (κ1) is 19.9. The number of nitrogens with zero attached hydrogens (tertiary/aromatic N) is 1. The average molecular weight is 402 g/mol. The van der Waals surface area contributed by atoms with E-state index in [1.807, 2.05) is 60.0 Å². The second kappa shape index (κ2) is 8.51. The van der Waals surface area contributed by atoms with E-state index in [4.69, 9.17) is 0 Å². The van der Waals surface area contributed by atoms with E-state index >= 15 is 0 Å². The van der Waals surface area contributed by atoms with Crippen LogP contribution in [0.1, 0.15) is 32.7 Å². The summed E-state index contributed by atoms with van der Waals surface area (Å²) in [5.74, 6) is -1.28. The molecule has 152 valence electrons. The molecule has 0 amide bonds. The quantitative estimate of drug-likeness (QED) is 0.451. The molecule has 0 spiro atoms. The van der Waals surface area contributed by atoms with Crippen LogP contribution in [-0.2, 0) is 19.6 Å².